The van der Waals surface area contributed by atoms with E-state index in [4.69, 9.17) is 4.52 Å². The Hall–Kier alpha value is -3.41. The van der Waals surface area contributed by atoms with Gasteiger partial charge in [0.05, 0.1) is 17.6 Å². The van der Waals surface area contributed by atoms with Crippen LogP contribution in [0.5, 0.6) is 0 Å². The summed E-state index contributed by atoms with van der Waals surface area (Å²) in [5, 5.41) is 3.90. The number of rotatable bonds is 4. The number of hydrogen-bond acceptors (Lipinski definition) is 4. The Morgan fingerprint density at radius 2 is 1.88 bits per heavy atom. The lowest BCUT2D eigenvalue weighted by Crippen LogP contribution is -2.26. The largest absolute Gasteiger partial charge is 0.355 e. The average Bonchev–Trinajstić information content (AvgIpc) is 3.28. The van der Waals surface area contributed by atoms with Gasteiger partial charge in [-0.25, -0.2) is 4.98 Å². The summed E-state index contributed by atoms with van der Waals surface area (Å²) in [7, 11) is 1.71. The van der Waals surface area contributed by atoms with Gasteiger partial charge in [0.25, 0.3) is 5.91 Å². The van der Waals surface area contributed by atoms with Gasteiger partial charge in [-0.1, -0.05) is 47.6 Å². The van der Waals surface area contributed by atoms with E-state index in [1.807, 2.05) is 54.6 Å². The maximum Gasteiger partial charge on any atom is 0.276 e. The van der Waals surface area contributed by atoms with Crippen molar-refractivity contribution in [1.29, 1.82) is 0 Å². The van der Waals surface area contributed by atoms with Gasteiger partial charge in [-0.15, -0.1) is 0 Å². The highest BCUT2D eigenvalue weighted by Gasteiger charge is 2.18. The van der Waals surface area contributed by atoms with Gasteiger partial charge in [0.2, 0.25) is 0 Å². The number of carbonyl (C=O) groups is 1. The predicted octanol–water partition coefficient (Wildman–Crippen LogP) is 3.49. The molecule has 0 radical (unpaired) electrons. The quantitative estimate of drug-likeness (QED) is 0.621. The first-order valence-corrected chi connectivity index (χ1v) is 7.92. The van der Waals surface area contributed by atoms with E-state index >= 15 is 0 Å². The normalized spacial score (nSPS) is 10.9. The van der Waals surface area contributed by atoms with Crippen LogP contribution in [0.25, 0.3) is 22.4 Å². The van der Waals surface area contributed by atoms with E-state index in [9.17, 15) is 4.79 Å². The molecule has 6 nitrogen and oxygen atoms in total. The minimum absolute atomic E-state index is 0.216. The summed E-state index contributed by atoms with van der Waals surface area (Å²) < 4.78 is 5.30. The van der Waals surface area contributed by atoms with E-state index in [0.29, 0.717) is 12.3 Å². The van der Waals surface area contributed by atoms with Crippen LogP contribution >= 0.6 is 0 Å². The fourth-order valence-corrected chi connectivity index (χ4v) is 2.69. The number of nitrogens with zero attached hydrogens (tertiary/aromatic N) is 3. The molecule has 1 amide bonds. The van der Waals surface area contributed by atoms with E-state index in [2.05, 4.69) is 15.1 Å². The molecule has 0 bridgehead atoms. The molecule has 6 heteroatoms. The SMILES string of the molecule is CN(Cc1nc2ccccc2[nH]1)C(=O)c1cc(-c2ccccc2)on1. The molecule has 4 rings (SSSR count). The lowest BCUT2D eigenvalue weighted by molar-refractivity contribution is 0.0771. The fraction of sp³-hybridized carbons (Fsp3) is 0.105. The molecular formula is C19H16N4O2. The van der Waals surface area contributed by atoms with Gasteiger partial charge >= 0.3 is 0 Å². The van der Waals surface area contributed by atoms with Crippen LogP contribution < -0.4 is 0 Å². The molecule has 4 aromatic rings. The number of aromatic amines is 1. The zero-order chi connectivity index (χ0) is 17.2. The summed E-state index contributed by atoms with van der Waals surface area (Å²) in [6.07, 6.45) is 0. The fourth-order valence-electron chi connectivity index (χ4n) is 2.69. The summed E-state index contributed by atoms with van der Waals surface area (Å²) in [4.78, 5) is 21.8. The minimum atomic E-state index is -0.216. The third kappa shape index (κ3) is 3.01. The summed E-state index contributed by atoms with van der Waals surface area (Å²) >= 11 is 0. The average molecular weight is 332 g/mol. The molecule has 0 aliphatic carbocycles. The molecule has 0 unspecified atom stereocenters. The maximum atomic E-state index is 12.6. The molecule has 124 valence electrons. The monoisotopic (exact) mass is 332 g/mol. The standard InChI is InChI=1S/C19H16N4O2/c1-23(12-18-20-14-9-5-6-10-15(14)21-18)19(24)16-11-17(25-22-16)13-7-3-2-4-8-13/h2-11H,12H2,1H3,(H,20,21). The van der Waals surface area contributed by atoms with Gasteiger partial charge in [-0.2, -0.15) is 0 Å². The third-order valence-corrected chi connectivity index (χ3v) is 3.96. The number of carbonyl (C=O) groups excluding carboxylic acids is 1. The molecule has 2 heterocycles. The first-order chi connectivity index (χ1) is 12.2. The van der Waals surface area contributed by atoms with Crippen molar-refractivity contribution in [2.45, 2.75) is 6.54 Å². The number of amides is 1. The van der Waals surface area contributed by atoms with E-state index in [1.54, 1.807) is 18.0 Å². The van der Waals surface area contributed by atoms with Crippen LogP contribution in [-0.4, -0.2) is 33.0 Å². The van der Waals surface area contributed by atoms with Crippen LogP contribution in [0.4, 0.5) is 0 Å². The molecule has 0 atom stereocenters. The minimum Gasteiger partial charge on any atom is -0.355 e. The molecule has 0 fully saturated rings. The zero-order valence-corrected chi connectivity index (χ0v) is 13.6. The van der Waals surface area contributed by atoms with E-state index in [-0.39, 0.29) is 11.6 Å². The zero-order valence-electron chi connectivity index (χ0n) is 13.6. The van der Waals surface area contributed by atoms with Crippen LogP contribution in [0.3, 0.4) is 0 Å². The molecule has 0 saturated carbocycles. The predicted molar refractivity (Wildman–Crippen MR) is 93.8 cm³/mol. The lowest BCUT2D eigenvalue weighted by Gasteiger charge is -2.13. The Morgan fingerprint density at radius 3 is 2.68 bits per heavy atom. The second-order valence-corrected chi connectivity index (χ2v) is 5.80. The van der Waals surface area contributed by atoms with Gasteiger partial charge in [-0.05, 0) is 12.1 Å². The first-order valence-electron chi connectivity index (χ1n) is 7.92. The molecular weight excluding hydrogens is 316 g/mol. The lowest BCUT2D eigenvalue weighted by atomic mass is 10.1. The molecule has 2 aromatic carbocycles. The van der Waals surface area contributed by atoms with Gasteiger partial charge < -0.3 is 14.4 Å². The highest BCUT2D eigenvalue weighted by atomic mass is 16.5. The Kier molecular flexibility index (Phi) is 3.78. The highest BCUT2D eigenvalue weighted by molar-refractivity contribution is 5.93. The Balaban J connectivity index is 1.51. The smallest absolute Gasteiger partial charge is 0.276 e. The number of para-hydroxylation sites is 2. The molecule has 0 spiro atoms. The number of imidazole rings is 1. The summed E-state index contributed by atoms with van der Waals surface area (Å²) in [5.74, 6) is 1.08. The van der Waals surface area contributed by atoms with Crippen LogP contribution in [0.15, 0.2) is 65.2 Å². The van der Waals surface area contributed by atoms with Crippen molar-refractivity contribution >= 4 is 16.9 Å². The van der Waals surface area contributed by atoms with Crippen LogP contribution in [-0.2, 0) is 6.54 Å². The molecule has 0 saturated heterocycles. The van der Waals surface area contributed by atoms with Crippen molar-refractivity contribution in [2.75, 3.05) is 7.05 Å². The maximum absolute atomic E-state index is 12.6. The molecule has 0 aliphatic heterocycles. The second-order valence-electron chi connectivity index (χ2n) is 5.80. The van der Waals surface area contributed by atoms with Crippen molar-refractivity contribution in [3.05, 3.63) is 72.2 Å². The summed E-state index contributed by atoms with van der Waals surface area (Å²) in [6, 6.07) is 19.0. The number of benzene rings is 2. The van der Waals surface area contributed by atoms with Gasteiger partial charge in [0, 0.05) is 18.7 Å². The number of nitrogens with one attached hydrogen (secondary N) is 1. The number of hydrogen-bond donors (Lipinski definition) is 1. The van der Waals surface area contributed by atoms with Gasteiger partial charge in [0.1, 0.15) is 5.82 Å². The van der Waals surface area contributed by atoms with Crippen LogP contribution in [0.2, 0.25) is 0 Å². The first kappa shape index (κ1) is 15.1. The van der Waals surface area contributed by atoms with E-state index in [1.165, 1.54) is 0 Å². The third-order valence-electron chi connectivity index (χ3n) is 3.96. The van der Waals surface area contributed by atoms with Crippen molar-refractivity contribution < 1.29 is 9.32 Å². The summed E-state index contributed by atoms with van der Waals surface area (Å²) in [5.41, 5.74) is 2.99. The van der Waals surface area contributed by atoms with Crippen molar-refractivity contribution in [3.63, 3.8) is 0 Å². The number of H-pyrrole nitrogens is 1. The summed E-state index contributed by atoms with van der Waals surface area (Å²) in [6.45, 7) is 0.362. The molecule has 0 aliphatic rings. The molecule has 2 aromatic heterocycles. The van der Waals surface area contributed by atoms with Gasteiger partial charge in [-0.3, -0.25) is 4.79 Å². The van der Waals surface area contributed by atoms with Crippen molar-refractivity contribution in [3.8, 4) is 11.3 Å². The van der Waals surface area contributed by atoms with E-state index < -0.39 is 0 Å². The second kappa shape index (κ2) is 6.24. The molecule has 25 heavy (non-hydrogen) atoms. The Morgan fingerprint density at radius 1 is 1.12 bits per heavy atom. The topological polar surface area (TPSA) is 75.0 Å². The Bertz CT molecular complexity index is 987. The van der Waals surface area contributed by atoms with Crippen molar-refractivity contribution in [1.82, 2.24) is 20.0 Å². The molecule has 1 N–H and O–H groups in total. The van der Waals surface area contributed by atoms with Gasteiger partial charge in [0.15, 0.2) is 11.5 Å². The van der Waals surface area contributed by atoms with Crippen LogP contribution in [0, 0.1) is 0 Å². The van der Waals surface area contributed by atoms with Crippen LogP contribution in [0.1, 0.15) is 16.3 Å². The highest BCUT2D eigenvalue weighted by Crippen LogP contribution is 2.20. The number of aromatic nitrogens is 3. The Labute approximate surface area is 144 Å². The van der Waals surface area contributed by atoms with Crippen molar-refractivity contribution in [2.24, 2.45) is 0 Å². The van der Waals surface area contributed by atoms with E-state index in [0.717, 1.165) is 22.4 Å². The number of fused-ring (bicyclic) bond motifs is 1.